The lowest BCUT2D eigenvalue weighted by atomic mass is 9.85. The zero-order chi connectivity index (χ0) is 31.6. The van der Waals surface area contributed by atoms with Crippen molar-refractivity contribution in [2.75, 3.05) is 23.4 Å². The van der Waals surface area contributed by atoms with Crippen molar-refractivity contribution in [3.8, 4) is 11.4 Å². The molecule has 5 heterocycles. The third-order valence-corrected chi connectivity index (χ3v) is 8.99. The van der Waals surface area contributed by atoms with Gasteiger partial charge >= 0.3 is 6.03 Å². The zero-order valence-corrected chi connectivity index (χ0v) is 26.2. The maximum absolute atomic E-state index is 13.4. The second-order valence-electron chi connectivity index (χ2n) is 12.1. The van der Waals surface area contributed by atoms with E-state index in [2.05, 4.69) is 55.0 Å². The minimum absolute atomic E-state index is 0.0148. The Morgan fingerprint density at radius 3 is 2.76 bits per heavy atom. The summed E-state index contributed by atoms with van der Waals surface area (Å²) in [5, 5.41) is 33.3. The summed E-state index contributed by atoms with van der Waals surface area (Å²) in [5.74, 6) is 2.16. The molecule has 1 aromatic carbocycles. The van der Waals surface area contributed by atoms with Crippen molar-refractivity contribution in [2.24, 2.45) is 0 Å². The topological polar surface area (TPSA) is 140 Å². The van der Waals surface area contributed by atoms with Crippen molar-refractivity contribution >= 4 is 23.4 Å². The van der Waals surface area contributed by atoms with Crippen molar-refractivity contribution < 1.29 is 14.6 Å². The highest BCUT2D eigenvalue weighted by molar-refractivity contribution is 5.89. The van der Waals surface area contributed by atoms with E-state index in [0.29, 0.717) is 36.9 Å². The van der Waals surface area contributed by atoms with Gasteiger partial charge in [0.25, 0.3) is 0 Å². The summed E-state index contributed by atoms with van der Waals surface area (Å²) in [6, 6.07) is 13.8. The largest absolute Gasteiger partial charge is 0.484 e. The predicted molar refractivity (Wildman–Crippen MR) is 173 cm³/mol. The number of carbonyl (C=O) groups is 1. The molecule has 0 bridgehead atoms. The van der Waals surface area contributed by atoms with Crippen LogP contribution in [0.4, 0.5) is 16.6 Å². The first-order chi connectivity index (χ1) is 22.5. The molecule has 4 aromatic heterocycles. The van der Waals surface area contributed by atoms with Crippen LogP contribution in [0.2, 0.25) is 0 Å². The number of nitrogens with one attached hydrogen (secondary N) is 2. The number of pyridine rings is 1. The van der Waals surface area contributed by atoms with Gasteiger partial charge in [0.05, 0.1) is 43.5 Å². The summed E-state index contributed by atoms with van der Waals surface area (Å²) in [4.78, 5) is 15.7. The highest BCUT2D eigenvalue weighted by atomic mass is 16.5. The normalized spacial score (nSPS) is 19.6. The summed E-state index contributed by atoms with van der Waals surface area (Å²) in [6.45, 7) is 5.60. The molecule has 2 aliphatic rings. The van der Waals surface area contributed by atoms with E-state index in [4.69, 9.17) is 4.74 Å². The summed E-state index contributed by atoms with van der Waals surface area (Å²) >= 11 is 0. The Balaban J connectivity index is 1.07. The van der Waals surface area contributed by atoms with Crippen LogP contribution in [0.3, 0.4) is 0 Å². The molecular formula is C33H40N10O3. The van der Waals surface area contributed by atoms with Crippen LogP contribution in [0, 0.1) is 0 Å². The van der Waals surface area contributed by atoms with Crippen LogP contribution in [0.5, 0.6) is 5.75 Å². The fraction of sp³-hybridized carbons (Fsp3) is 0.424. The molecule has 240 valence electrons. The van der Waals surface area contributed by atoms with E-state index in [1.165, 1.54) is 6.42 Å². The van der Waals surface area contributed by atoms with Gasteiger partial charge in [-0.15, -0.1) is 10.2 Å². The number of nitrogens with zero attached hydrogens (tertiary/aromatic N) is 8. The Morgan fingerprint density at radius 1 is 1.07 bits per heavy atom. The van der Waals surface area contributed by atoms with Gasteiger partial charge in [0.2, 0.25) is 5.95 Å². The highest BCUT2D eigenvalue weighted by Crippen LogP contribution is 2.39. The smallest absolute Gasteiger partial charge is 0.320 e. The molecule has 0 spiro atoms. The number of rotatable bonds is 9. The fourth-order valence-electron chi connectivity index (χ4n) is 6.59. The Kier molecular flexibility index (Phi) is 8.31. The molecule has 3 N–H and O–H groups in total. The van der Waals surface area contributed by atoms with Crippen molar-refractivity contribution in [1.82, 2.24) is 39.5 Å². The predicted octanol–water partition coefficient (Wildman–Crippen LogP) is 4.82. The van der Waals surface area contributed by atoms with E-state index in [9.17, 15) is 9.90 Å². The summed E-state index contributed by atoms with van der Waals surface area (Å²) in [6.07, 6.45) is 11.0. The molecule has 0 radical (unpaired) electrons. The molecular weight excluding hydrogens is 584 g/mol. The number of anilines is 2. The third kappa shape index (κ3) is 5.89. The van der Waals surface area contributed by atoms with Gasteiger partial charge in [-0.3, -0.25) is 14.4 Å². The lowest BCUT2D eigenvalue weighted by molar-refractivity contribution is 0.171. The van der Waals surface area contributed by atoms with Crippen molar-refractivity contribution in [1.29, 1.82) is 0 Å². The fourth-order valence-corrected chi connectivity index (χ4v) is 6.59. The molecule has 13 heteroatoms. The van der Waals surface area contributed by atoms with Gasteiger partial charge in [0.15, 0.2) is 5.65 Å². The first-order valence-corrected chi connectivity index (χ1v) is 16.2. The highest BCUT2D eigenvalue weighted by Gasteiger charge is 2.30. The average Bonchev–Trinajstić information content (AvgIpc) is 3.81. The number of carbonyl (C=O) groups excluding carboxylic acids is 1. The maximum Gasteiger partial charge on any atom is 0.320 e. The molecule has 1 aliphatic heterocycles. The van der Waals surface area contributed by atoms with E-state index in [1.807, 2.05) is 47.9 Å². The number of benzene rings is 1. The molecule has 0 saturated carbocycles. The lowest BCUT2D eigenvalue weighted by Gasteiger charge is -2.33. The number of urea groups is 1. The van der Waals surface area contributed by atoms with Crippen LogP contribution in [0.15, 0.2) is 61.1 Å². The van der Waals surface area contributed by atoms with Gasteiger partial charge in [-0.1, -0.05) is 31.2 Å². The van der Waals surface area contributed by atoms with Crippen molar-refractivity contribution in [2.45, 2.75) is 77.1 Å². The number of aliphatic hydroxyl groups excluding tert-OH is 1. The van der Waals surface area contributed by atoms with Gasteiger partial charge < -0.3 is 20.1 Å². The van der Waals surface area contributed by atoms with Crippen molar-refractivity contribution in [3.63, 3.8) is 0 Å². The number of hydrogen-bond donors (Lipinski definition) is 3. The van der Waals surface area contributed by atoms with Gasteiger partial charge in [0, 0.05) is 18.7 Å². The van der Waals surface area contributed by atoms with Gasteiger partial charge in [-0.2, -0.15) is 10.2 Å². The second kappa shape index (κ2) is 12.8. The Bertz CT molecular complexity index is 1830. The van der Waals surface area contributed by atoms with Crippen LogP contribution >= 0.6 is 0 Å². The van der Waals surface area contributed by atoms with Gasteiger partial charge in [0.1, 0.15) is 23.4 Å². The number of aromatic nitrogens is 7. The Labute approximate surface area is 267 Å². The summed E-state index contributed by atoms with van der Waals surface area (Å²) in [7, 11) is 0. The van der Waals surface area contributed by atoms with Crippen LogP contribution in [-0.4, -0.2) is 64.5 Å². The number of aliphatic hydroxyl groups is 1. The maximum atomic E-state index is 13.4. The number of amides is 2. The monoisotopic (exact) mass is 624 g/mol. The molecule has 13 nitrogen and oxygen atoms in total. The van der Waals surface area contributed by atoms with Crippen LogP contribution in [0.1, 0.15) is 74.9 Å². The molecule has 1 aliphatic carbocycles. The molecule has 3 atom stereocenters. The molecule has 46 heavy (non-hydrogen) atoms. The van der Waals surface area contributed by atoms with Crippen LogP contribution < -0.4 is 20.3 Å². The summed E-state index contributed by atoms with van der Waals surface area (Å²) in [5.41, 5.74) is 4.44. The second-order valence-corrected chi connectivity index (χ2v) is 12.1. The SMILES string of the molecule is CCc1cc(NC(=O)N[C@H]2CC[C@@H](Oc3ccc4nnc(N5CCCC[C@@H]5C)n4c3)c3ccccc32)n(-c2cnn(CCO)c2)n1. The molecule has 0 unspecified atom stereocenters. The van der Waals surface area contributed by atoms with Crippen LogP contribution in [-0.2, 0) is 13.0 Å². The zero-order valence-electron chi connectivity index (χ0n) is 26.2. The number of hydrogen-bond acceptors (Lipinski definition) is 8. The Morgan fingerprint density at radius 2 is 1.93 bits per heavy atom. The van der Waals surface area contributed by atoms with Gasteiger partial charge in [-0.25, -0.2) is 9.48 Å². The van der Waals surface area contributed by atoms with E-state index in [1.54, 1.807) is 21.8 Å². The molecule has 1 saturated heterocycles. The summed E-state index contributed by atoms with van der Waals surface area (Å²) < 4.78 is 12.0. The minimum atomic E-state index is -0.316. The van der Waals surface area contributed by atoms with Gasteiger partial charge in [-0.05, 0) is 68.7 Å². The van der Waals surface area contributed by atoms with Crippen molar-refractivity contribution in [3.05, 3.63) is 77.9 Å². The number of fused-ring (bicyclic) bond motifs is 2. The first kappa shape index (κ1) is 29.8. The minimum Gasteiger partial charge on any atom is -0.484 e. The molecule has 1 fully saturated rings. The Hall–Kier alpha value is -4.91. The number of ether oxygens (including phenoxy) is 1. The van der Waals surface area contributed by atoms with Crippen LogP contribution in [0.25, 0.3) is 11.3 Å². The van der Waals surface area contributed by atoms with E-state index in [0.717, 1.165) is 60.0 Å². The molecule has 2 amide bonds. The standard InChI is InChI=1S/C33H40N10O3/c1-3-23-18-31(43(39-23)24-19-34-40(20-24)16-17-44)36-32(45)35-28-12-13-29(27-10-5-4-9-26(27)28)46-25-11-14-30-37-38-33(42(30)21-25)41-15-7-6-8-22(41)2/h4-5,9-11,14,18-22,28-29,44H,3,6-8,12-13,15-17H2,1-2H3,(H2,35,36,45)/t22-,28-,29+/m0/s1. The third-order valence-electron chi connectivity index (χ3n) is 8.99. The van der Waals surface area contributed by atoms with E-state index >= 15 is 0 Å². The van der Waals surface area contributed by atoms with E-state index in [-0.39, 0.29) is 24.8 Å². The first-order valence-electron chi connectivity index (χ1n) is 16.2. The van der Waals surface area contributed by atoms with E-state index < -0.39 is 0 Å². The number of piperidine rings is 1. The number of aryl methyl sites for hydroxylation is 1. The quantitative estimate of drug-likeness (QED) is 0.212. The lowest BCUT2D eigenvalue weighted by Crippen LogP contribution is -2.38. The average molecular weight is 625 g/mol. The molecule has 5 aromatic rings. The molecule has 7 rings (SSSR count).